The van der Waals surface area contributed by atoms with Crippen molar-refractivity contribution in [3.8, 4) is 16.8 Å². The summed E-state index contributed by atoms with van der Waals surface area (Å²) >= 11 is 0. The third kappa shape index (κ3) is 3.75. The van der Waals surface area contributed by atoms with Crippen molar-refractivity contribution in [1.29, 1.82) is 0 Å². The first-order valence-electron chi connectivity index (χ1n) is 13.0. The molecule has 0 spiro atoms. The van der Waals surface area contributed by atoms with E-state index in [2.05, 4.69) is 167 Å². The number of anilines is 3. The fourth-order valence-electron chi connectivity index (χ4n) is 5.53. The number of para-hydroxylation sites is 4. The van der Waals surface area contributed by atoms with Gasteiger partial charge in [0, 0.05) is 33.5 Å². The molecule has 180 valence electrons. The lowest BCUT2D eigenvalue weighted by Crippen LogP contribution is -2.09. The van der Waals surface area contributed by atoms with E-state index in [1.807, 2.05) is 0 Å². The van der Waals surface area contributed by atoms with Crippen LogP contribution >= 0.6 is 0 Å². The van der Waals surface area contributed by atoms with E-state index in [0.29, 0.717) is 0 Å². The molecule has 0 bridgehead atoms. The van der Waals surface area contributed by atoms with Crippen molar-refractivity contribution < 1.29 is 0 Å². The molecule has 38 heavy (non-hydrogen) atoms. The Hall–Kier alpha value is -5.08. The van der Waals surface area contributed by atoms with Gasteiger partial charge in [-0.1, -0.05) is 97.1 Å². The van der Waals surface area contributed by atoms with Crippen molar-refractivity contribution in [2.24, 2.45) is 0 Å². The summed E-state index contributed by atoms with van der Waals surface area (Å²) in [5.74, 6) is 0. The van der Waals surface area contributed by atoms with Gasteiger partial charge >= 0.3 is 0 Å². The summed E-state index contributed by atoms with van der Waals surface area (Å²) in [4.78, 5) is 2.32. The minimum atomic E-state index is 1.13. The van der Waals surface area contributed by atoms with Crippen LogP contribution in [0.5, 0.6) is 0 Å². The molecule has 2 nitrogen and oxygen atoms in total. The van der Waals surface area contributed by atoms with Gasteiger partial charge < -0.3 is 9.47 Å². The zero-order chi connectivity index (χ0) is 25.3. The van der Waals surface area contributed by atoms with E-state index in [9.17, 15) is 0 Å². The van der Waals surface area contributed by atoms with Crippen LogP contribution in [-0.4, -0.2) is 4.57 Å². The summed E-state index contributed by atoms with van der Waals surface area (Å²) < 4.78 is 2.37. The third-order valence-corrected chi connectivity index (χ3v) is 7.16. The fourth-order valence-corrected chi connectivity index (χ4v) is 5.53. The summed E-state index contributed by atoms with van der Waals surface area (Å²) in [7, 11) is 0. The van der Waals surface area contributed by atoms with Crippen molar-refractivity contribution in [3.63, 3.8) is 0 Å². The number of fused-ring (bicyclic) bond motifs is 3. The minimum Gasteiger partial charge on any atom is -0.310 e. The van der Waals surface area contributed by atoms with E-state index in [4.69, 9.17) is 0 Å². The predicted octanol–water partition coefficient (Wildman–Crippen LogP) is 9.92. The minimum absolute atomic E-state index is 1.13. The molecule has 2 heteroatoms. The quantitative estimate of drug-likeness (QED) is 0.235. The molecule has 7 rings (SSSR count). The highest BCUT2D eigenvalue weighted by Gasteiger charge is 2.17. The van der Waals surface area contributed by atoms with Crippen LogP contribution < -0.4 is 4.90 Å². The van der Waals surface area contributed by atoms with Crippen LogP contribution in [0, 0.1) is 0 Å². The predicted molar refractivity (Wildman–Crippen MR) is 161 cm³/mol. The van der Waals surface area contributed by atoms with Gasteiger partial charge in [0.15, 0.2) is 0 Å². The highest BCUT2D eigenvalue weighted by atomic mass is 15.1. The van der Waals surface area contributed by atoms with Gasteiger partial charge in [-0.05, 0) is 71.8 Å². The average Bonchev–Trinajstić information content (AvgIpc) is 3.34. The van der Waals surface area contributed by atoms with Crippen LogP contribution in [0.15, 0.2) is 158 Å². The first-order valence-corrected chi connectivity index (χ1v) is 13.0. The molecule has 0 unspecified atom stereocenters. The second kappa shape index (κ2) is 9.42. The molecule has 1 heterocycles. The highest BCUT2D eigenvalue weighted by molar-refractivity contribution is 6.15. The van der Waals surface area contributed by atoms with Crippen LogP contribution in [0.4, 0.5) is 17.1 Å². The van der Waals surface area contributed by atoms with Crippen LogP contribution in [0.3, 0.4) is 0 Å². The van der Waals surface area contributed by atoms with E-state index in [0.717, 1.165) is 17.1 Å². The molecule has 7 aromatic rings. The van der Waals surface area contributed by atoms with Crippen molar-refractivity contribution >= 4 is 38.9 Å². The molecule has 0 aliphatic rings. The summed E-state index contributed by atoms with van der Waals surface area (Å²) in [6.07, 6.45) is 0. The van der Waals surface area contributed by atoms with Gasteiger partial charge in [0.1, 0.15) is 0 Å². The number of aromatic nitrogens is 1. The Morgan fingerprint density at radius 1 is 0.421 bits per heavy atom. The summed E-state index contributed by atoms with van der Waals surface area (Å²) in [6, 6.07) is 56.0. The Morgan fingerprint density at radius 3 is 1.68 bits per heavy atom. The number of nitrogens with zero attached hydrogens (tertiary/aromatic N) is 2. The number of rotatable bonds is 5. The lowest BCUT2D eigenvalue weighted by Gasteiger charge is -2.26. The van der Waals surface area contributed by atoms with Gasteiger partial charge in [-0.25, -0.2) is 0 Å². The van der Waals surface area contributed by atoms with E-state index in [1.165, 1.54) is 38.6 Å². The SMILES string of the molecule is c1ccc(N(c2ccccc2)c2cccc(-c3cccc4c3c3ccccc3n4-c3ccccc3)c2)cc1. The Kier molecular flexibility index (Phi) is 5.49. The normalized spacial score (nSPS) is 11.2. The number of hydrogen-bond acceptors (Lipinski definition) is 1. The van der Waals surface area contributed by atoms with Crippen LogP contribution in [0.2, 0.25) is 0 Å². The Labute approximate surface area is 222 Å². The first-order chi connectivity index (χ1) is 18.9. The topological polar surface area (TPSA) is 8.17 Å². The molecule has 0 aliphatic heterocycles. The molecule has 1 aromatic heterocycles. The van der Waals surface area contributed by atoms with Gasteiger partial charge in [0.05, 0.1) is 11.0 Å². The maximum absolute atomic E-state index is 2.37. The molecule has 0 radical (unpaired) electrons. The fraction of sp³-hybridized carbons (Fsp3) is 0. The van der Waals surface area contributed by atoms with Gasteiger partial charge in [0.25, 0.3) is 0 Å². The molecule has 0 N–H and O–H groups in total. The van der Waals surface area contributed by atoms with Crippen LogP contribution in [0.25, 0.3) is 38.6 Å². The Bertz CT molecular complexity index is 1810. The molecular weight excluding hydrogens is 460 g/mol. The average molecular weight is 487 g/mol. The zero-order valence-electron chi connectivity index (χ0n) is 20.9. The van der Waals surface area contributed by atoms with E-state index in [-0.39, 0.29) is 0 Å². The van der Waals surface area contributed by atoms with E-state index in [1.54, 1.807) is 0 Å². The Balaban J connectivity index is 1.46. The van der Waals surface area contributed by atoms with Crippen LogP contribution in [-0.2, 0) is 0 Å². The molecule has 0 aliphatic carbocycles. The second-order valence-electron chi connectivity index (χ2n) is 9.44. The van der Waals surface area contributed by atoms with Crippen LogP contribution in [0.1, 0.15) is 0 Å². The van der Waals surface area contributed by atoms with Gasteiger partial charge in [0.2, 0.25) is 0 Å². The van der Waals surface area contributed by atoms with Gasteiger partial charge in [-0.15, -0.1) is 0 Å². The molecule has 0 amide bonds. The smallest absolute Gasteiger partial charge is 0.0547 e. The molecule has 0 fully saturated rings. The van der Waals surface area contributed by atoms with Gasteiger partial charge in [-0.2, -0.15) is 0 Å². The molecular formula is C36H26N2. The van der Waals surface area contributed by atoms with Crippen molar-refractivity contribution in [2.75, 3.05) is 4.90 Å². The molecule has 0 atom stereocenters. The Morgan fingerprint density at radius 2 is 0.974 bits per heavy atom. The summed E-state index contributed by atoms with van der Waals surface area (Å²) in [6.45, 7) is 0. The van der Waals surface area contributed by atoms with Gasteiger partial charge in [-0.3, -0.25) is 0 Å². The van der Waals surface area contributed by atoms with E-state index >= 15 is 0 Å². The lowest BCUT2D eigenvalue weighted by atomic mass is 9.98. The largest absolute Gasteiger partial charge is 0.310 e. The second-order valence-corrected chi connectivity index (χ2v) is 9.44. The highest BCUT2D eigenvalue weighted by Crippen LogP contribution is 2.41. The standard InChI is InChI=1S/C36H26N2/c1-4-15-28(16-5-1)37(29-17-6-2-7-18-29)31-21-12-14-27(26-31)32-23-13-25-35-36(32)33-22-10-11-24-34(33)38(35)30-19-8-3-9-20-30/h1-26H. The first kappa shape index (κ1) is 22.1. The molecule has 6 aromatic carbocycles. The maximum atomic E-state index is 2.37. The third-order valence-electron chi connectivity index (χ3n) is 7.16. The zero-order valence-corrected chi connectivity index (χ0v) is 20.9. The number of benzene rings is 6. The maximum Gasteiger partial charge on any atom is 0.0547 e. The summed E-state index contributed by atoms with van der Waals surface area (Å²) in [5, 5.41) is 2.53. The molecule has 0 saturated heterocycles. The van der Waals surface area contributed by atoms with E-state index < -0.39 is 0 Å². The lowest BCUT2D eigenvalue weighted by molar-refractivity contribution is 1.18. The monoisotopic (exact) mass is 486 g/mol. The number of hydrogen-bond donors (Lipinski definition) is 0. The summed E-state index contributed by atoms with van der Waals surface area (Å²) in [5.41, 5.74) is 9.42. The van der Waals surface area contributed by atoms with Crippen molar-refractivity contribution in [2.45, 2.75) is 0 Å². The molecule has 0 saturated carbocycles. The van der Waals surface area contributed by atoms with Crippen molar-refractivity contribution in [3.05, 3.63) is 158 Å². The van der Waals surface area contributed by atoms with Crippen molar-refractivity contribution in [1.82, 2.24) is 4.57 Å².